The molecule has 1 atom stereocenters. The Morgan fingerprint density at radius 3 is 2.85 bits per heavy atom. The van der Waals surface area contributed by atoms with Gasteiger partial charge in [0.1, 0.15) is 11.4 Å². The minimum absolute atomic E-state index is 0.0255. The van der Waals surface area contributed by atoms with Crippen LogP contribution in [0.5, 0.6) is 5.75 Å². The van der Waals surface area contributed by atoms with Crippen LogP contribution in [0.4, 0.5) is 0 Å². The molecule has 5 nitrogen and oxygen atoms in total. The lowest BCUT2D eigenvalue weighted by Crippen LogP contribution is -2.42. The second-order valence-corrected chi connectivity index (χ2v) is 5.51. The molecule has 1 unspecified atom stereocenters. The van der Waals surface area contributed by atoms with Crippen LogP contribution in [0.3, 0.4) is 0 Å². The summed E-state index contributed by atoms with van der Waals surface area (Å²) in [7, 11) is 1.55. The number of benzene rings is 1. The van der Waals surface area contributed by atoms with Crippen LogP contribution in [0.1, 0.15) is 12.5 Å². The van der Waals surface area contributed by atoms with Crippen LogP contribution in [-0.2, 0) is 4.79 Å². The number of halogens is 1. The van der Waals surface area contributed by atoms with Gasteiger partial charge in [0.25, 0.3) is 0 Å². The van der Waals surface area contributed by atoms with Crippen LogP contribution in [0.25, 0.3) is 6.08 Å². The van der Waals surface area contributed by atoms with E-state index in [1.165, 1.54) is 13.0 Å². The summed E-state index contributed by atoms with van der Waals surface area (Å²) in [4.78, 5) is 11.6. The fourth-order valence-corrected chi connectivity index (χ4v) is 1.77. The Morgan fingerprint density at radius 1 is 1.55 bits per heavy atom. The zero-order valence-electron chi connectivity index (χ0n) is 11.4. The minimum Gasteiger partial charge on any atom is -0.496 e. The zero-order valence-corrected chi connectivity index (χ0v) is 13.0. The van der Waals surface area contributed by atoms with Gasteiger partial charge in [0, 0.05) is 22.7 Å². The summed E-state index contributed by atoms with van der Waals surface area (Å²) >= 11 is 3.35. The molecule has 6 heteroatoms. The number of methoxy groups -OCH3 is 1. The van der Waals surface area contributed by atoms with Crippen molar-refractivity contribution >= 4 is 27.9 Å². The molecule has 0 fully saturated rings. The third-order valence-electron chi connectivity index (χ3n) is 2.59. The highest BCUT2D eigenvalue weighted by atomic mass is 79.9. The Labute approximate surface area is 126 Å². The van der Waals surface area contributed by atoms with Crippen molar-refractivity contribution in [2.24, 2.45) is 0 Å². The van der Waals surface area contributed by atoms with E-state index in [2.05, 4.69) is 21.2 Å². The van der Waals surface area contributed by atoms with Gasteiger partial charge in [-0.3, -0.25) is 4.79 Å². The van der Waals surface area contributed by atoms with Gasteiger partial charge in [-0.15, -0.1) is 0 Å². The first-order valence-corrected chi connectivity index (χ1v) is 6.80. The van der Waals surface area contributed by atoms with Gasteiger partial charge in [0.2, 0.25) is 5.91 Å². The number of aliphatic hydroxyl groups excluding tert-OH is 1. The Hall–Kier alpha value is -1.37. The van der Waals surface area contributed by atoms with E-state index in [9.17, 15) is 9.90 Å². The van der Waals surface area contributed by atoms with Gasteiger partial charge in [-0.2, -0.15) is 0 Å². The van der Waals surface area contributed by atoms with Gasteiger partial charge in [0.15, 0.2) is 0 Å². The van der Waals surface area contributed by atoms with Gasteiger partial charge >= 0.3 is 0 Å². The molecule has 0 saturated heterocycles. The quantitative estimate of drug-likeness (QED) is 0.681. The normalized spacial score (nSPS) is 14.1. The molecule has 0 aliphatic heterocycles. The van der Waals surface area contributed by atoms with E-state index in [0.717, 1.165) is 10.0 Å². The summed E-state index contributed by atoms with van der Waals surface area (Å²) in [6, 6.07) is 5.46. The lowest BCUT2D eigenvalue weighted by Gasteiger charge is -2.19. The van der Waals surface area contributed by atoms with Gasteiger partial charge < -0.3 is 20.3 Å². The van der Waals surface area contributed by atoms with Gasteiger partial charge in [-0.1, -0.05) is 15.9 Å². The van der Waals surface area contributed by atoms with Crippen molar-refractivity contribution in [3.63, 3.8) is 0 Å². The third kappa shape index (κ3) is 5.32. The fraction of sp³-hybridized carbons (Fsp3) is 0.357. The topological polar surface area (TPSA) is 78.8 Å². The Kier molecular flexibility index (Phi) is 6.19. The standard InChI is InChI=1S/C14H18BrNO4/c1-14(19,9-17)8-16-13(18)6-3-10-7-11(15)4-5-12(10)20-2/h3-7,17,19H,8-9H2,1-2H3,(H,16,18). The second kappa shape index (κ2) is 7.42. The SMILES string of the molecule is COc1ccc(Br)cc1C=CC(=O)NCC(C)(O)CO. The Morgan fingerprint density at radius 2 is 2.25 bits per heavy atom. The number of ether oxygens (including phenoxy) is 1. The minimum atomic E-state index is -1.32. The van der Waals surface area contributed by atoms with E-state index in [0.29, 0.717) is 5.75 Å². The maximum Gasteiger partial charge on any atom is 0.244 e. The monoisotopic (exact) mass is 343 g/mol. The van der Waals surface area contributed by atoms with Crippen molar-refractivity contribution in [1.82, 2.24) is 5.32 Å². The predicted molar refractivity (Wildman–Crippen MR) is 80.4 cm³/mol. The van der Waals surface area contributed by atoms with E-state index >= 15 is 0 Å². The van der Waals surface area contributed by atoms with Crippen molar-refractivity contribution in [2.45, 2.75) is 12.5 Å². The lowest BCUT2D eigenvalue weighted by atomic mass is 10.1. The molecule has 0 aliphatic carbocycles. The van der Waals surface area contributed by atoms with Crippen LogP contribution in [0.15, 0.2) is 28.7 Å². The Balaban J connectivity index is 2.68. The van der Waals surface area contributed by atoms with E-state index in [4.69, 9.17) is 9.84 Å². The molecule has 0 aliphatic rings. The van der Waals surface area contributed by atoms with Crippen molar-refractivity contribution in [2.75, 3.05) is 20.3 Å². The molecule has 0 heterocycles. The first-order chi connectivity index (χ1) is 9.38. The van der Waals surface area contributed by atoms with Crippen molar-refractivity contribution in [3.05, 3.63) is 34.3 Å². The van der Waals surface area contributed by atoms with Crippen LogP contribution >= 0.6 is 15.9 Å². The molecule has 0 saturated carbocycles. The van der Waals surface area contributed by atoms with Crippen molar-refractivity contribution in [3.8, 4) is 5.75 Å². The number of aliphatic hydroxyl groups is 2. The number of rotatable bonds is 6. The van der Waals surface area contributed by atoms with Crippen LogP contribution in [-0.4, -0.2) is 42.0 Å². The van der Waals surface area contributed by atoms with E-state index < -0.39 is 12.2 Å². The number of amides is 1. The molecule has 3 N–H and O–H groups in total. The van der Waals surface area contributed by atoms with Crippen LogP contribution < -0.4 is 10.1 Å². The van der Waals surface area contributed by atoms with Crippen LogP contribution in [0.2, 0.25) is 0 Å². The van der Waals surface area contributed by atoms with E-state index in [1.54, 1.807) is 19.3 Å². The molecule has 1 aromatic rings. The molecular weight excluding hydrogens is 326 g/mol. The second-order valence-electron chi connectivity index (χ2n) is 4.59. The summed E-state index contributed by atoms with van der Waals surface area (Å²) in [6.07, 6.45) is 2.96. The smallest absolute Gasteiger partial charge is 0.244 e. The van der Waals surface area contributed by atoms with Crippen molar-refractivity contribution < 1.29 is 19.7 Å². The van der Waals surface area contributed by atoms with Crippen LogP contribution in [0, 0.1) is 0 Å². The molecule has 110 valence electrons. The number of nitrogens with one attached hydrogen (secondary N) is 1. The highest BCUT2D eigenvalue weighted by Gasteiger charge is 2.18. The number of hydrogen-bond acceptors (Lipinski definition) is 4. The zero-order chi connectivity index (χ0) is 15.2. The summed E-state index contributed by atoms with van der Waals surface area (Å²) < 4.78 is 6.06. The van der Waals surface area contributed by atoms with E-state index in [1.807, 2.05) is 12.1 Å². The average molecular weight is 344 g/mol. The summed E-state index contributed by atoms with van der Waals surface area (Å²) in [5, 5.41) is 20.9. The summed E-state index contributed by atoms with van der Waals surface area (Å²) in [5.41, 5.74) is -0.567. The molecule has 1 rings (SSSR count). The third-order valence-corrected chi connectivity index (χ3v) is 3.08. The lowest BCUT2D eigenvalue weighted by molar-refractivity contribution is -0.117. The molecule has 0 bridgehead atoms. The molecule has 20 heavy (non-hydrogen) atoms. The summed E-state index contributed by atoms with van der Waals surface area (Å²) in [6.45, 7) is 0.993. The molecule has 0 radical (unpaired) electrons. The highest BCUT2D eigenvalue weighted by Crippen LogP contribution is 2.23. The van der Waals surface area contributed by atoms with Gasteiger partial charge in [-0.25, -0.2) is 0 Å². The summed E-state index contributed by atoms with van der Waals surface area (Å²) in [5.74, 6) is 0.292. The largest absolute Gasteiger partial charge is 0.496 e. The molecule has 0 spiro atoms. The number of carbonyl (C=O) groups is 1. The maximum atomic E-state index is 11.6. The number of hydrogen-bond donors (Lipinski definition) is 3. The molecule has 0 aromatic heterocycles. The average Bonchev–Trinajstić information content (AvgIpc) is 2.43. The fourth-order valence-electron chi connectivity index (χ4n) is 1.39. The Bertz CT molecular complexity index is 500. The molecular formula is C14H18BrNO4. The number of carbonyl (C=O) groups excluding carboxylic acids is 1. The van der Waals surface area contributed by atoms with E-state index in [-0.39, 0.29) is 12.5 Å². The maximum absolute atomic E-state index is 11.6. The van der Waals surface area contributed by atoms with Gasteiger partial charge in [-0.05, 0) is 31.2 Å². The first-order valence-electron chi connectivity index (χ1n) is 6.00. The predicted octanol–water partition coefficient (Wildman–Crippen LogP) is 1.33. The van der Waals surface area contributed by atoms with Gasteiger partial charge in [0.05, 0.1) is 13.7 Å². The first kappa shape index (κ1) is 16.7. The molecule has 1 amide bonds. The molecule has 1 aromatic carbocycles. The van der Waals surface area contributed by atoms with Crippen molar-refractivity contribution in [1.29, 1.82) is 0 Å². The highest BCUT2D eigenvalue weighted by molar-refractivity contribution is 9.10.